The summed E-state index contributed by atoms with van der Waals surface area (Å²) in [4.78, 5) is 0. The molecule has 0 radical (unpaired) electrons. The van der Waals surface area contributed by atoms with Crippen molar-refractivity contribution in [2.45, 2.75) is 72.1 Å². The van der Waals surface area contributed by atoms with Crippen LogP contribution in [0.25, 0.3) is 0 Å². The normalized spacial score (nSPS) is 12.2. The lowest BCUT2D eigenvalue weighted by Gasteiger charge is -2.28. The third-order valence-electron chi connectivity index (χ3n) is 3.44. The van der Waals surface area contributed by atoms with Crippen LogP contribution in [0.2, 0.25) is 0 Å². The summed E-state index contributed by atoms with van der Waals surface area (Å²) in [5, 5.41) is 10.5. The van der Waals surface area contributed by atoms with E-state index in [1.165, 1.54) is 5.56 Å². The third kappa shape index (κ3) is 4.50. The van der Waals surface area contributed by atoms with Crippen molar-refractivity contribution < 1.29 is 5.11 Å². The van der Waals surface area contributed by atoms with Crippen LogP contribution in [0.4, 0.5) is 0 Å². The van der Waals surface area contributed by atoms with Gasteiger partial charge in [-0.15, -0.1) is 0 Å². The number of hydrogen-bond donors (Lipinski definition) is 3. The lowest BCUT2D eigenvalue weighted by molar-refractivity contribution is 0.435. The molecule has 116 valence electrons. The lowest BCUT2D eigenvalue weighted by Crippen LogP contribution is -2.17. The zero-order chi connectivity index (χ0) is 16.3. The van der Waals surface area contributed by atoms with E-state index in [0.29, 0.717) is 11.7 Å². The summed E-state index contributed by atoms with van der Waals surface area (Å²) in [5.41, 5.74) is 3.49. The van der Waals surface area contributed by atoms with Gasteiger partial charge in [-0.25, -0.2) is 0 Å². The Balaban J connectivity index is 0.00000172. The summed E-state index contributed by atoms with van der Waals surface area (Å²) in [6, 6.07) is 4.33. The van der Waals surface area contributed by atoms with E-state index in [4.69, 9.17) is 0 Å². The summed E-state index contributed by atoms with van der Waals surface area (Å²) in [6.45, 7) is 17.4. The highest BCUT2D eigenvalue weighted by Gasteiger charge is 2.25. The van der Waals surface area contributed by atoms with Crippen LogP contribution in [0.5, 0.6) is 5.75 Å². The zero-order valence-corrected chi connectivity index (χ0v) is 14.3. The van der Waals surface area contributed by atoms with E-state index >= 15 is 0 Å². The van der Waals surface area contributed by atoms with Crippen LogP contribution in [0.15, 0.2) is 12.1 Å². The quantitative estimate of drug-likeness (QED) is 0.539. The Morgan fingerprint density at radius 3 is 1.65 bits per heavy atom. The van der Waals surface area contributed by atoms with Gasteiger partial charge in [-0.05, 0) is 33.4 Å². The molecule has 0 heterocycles. The molecule has 0 bridgehead atoms. The van der Waals surface area contributed by atoms with E-state index in [9.17, 15) is 5.11 Å². The molecular formula is C17H32N2O. The molecule has 3 heteroatoms. The van der Waals surface area contributed by atoms with Crippen molar-refractivity contribution in [1.82, 2.24) is 0 Å². The number of phenols is 1. The summed E-state index contributed by atoms with van der Waals surface area (Å²) < 4.78 is 0. The largest absolute Gasteiger partial charge is 0.507 e. The van der Waals surface area contributed by atoms with E-state index in [0.717, 1.165) is 11.1 Å². The first-order valence-corrected chi connectivity index (χ1v) is 7.16. The smallest absolute Gasteiger partial charge is 0.122 e. The molecule has 0 fully saturated rings. The van der Waals surface area contributed by atoms with Crippen LogP contribution in [0.3, 0.4) is 0 Å². The minimum atomic E-state index is -0.0328. The fourth-order valence-electron chi connectivity index (χ4n) is 2.10. The first-order chi connectivity index (χ1) is 8.94. The predicted octanol–water partition coefficient (Wildman–Crippen LogP) is 3.93. The molecule has 1 rings (SSSR count). The molecule has 0 aliphatic rings. The van der Waals surface area contributed by atoms with Crippen molar-refractivity contribution in [3.63, 3.8) is 0 Å². The number of benzene rings is 1. The average Bonchev–Trinajstić information content (AvgIpc) is 2.28. The Kier molecular flexibility index (Phi) is 6.25. The Hall–Kier alpha value is -1.06. The Labute approximate surface area is 124 Å². The second-order valence-electron chi connectivity index (χ2n) is 7.62. The molecule has 0 saturated carbocycles. The van der Waals surface area contributed by atoms with Gasteiger partial charge in [0.25, 0.3) is 0 Å². The van der Waals surface area contributed by atoms with Gasteiger partial charge in [-0.3, -0.25) is 11.7 Å². The van der Waals surface area contributed by atoms with Gasteiger partial charge >= 0.3 is 0 Å². The van der Waals surface area contributed by atoms with Crippen LogP contribution >= 0.6 is 0 Å². The van der Waals surface area contributed by atoms with Crippen molar-refractivity contribution >= 4 is 0 Å². The maximum absolute atomic E-state index is 10.5. The molecule has 3 nitrogen and oxygen atoms in total. The summed E-state index contributed by atoms with van der Waals surface area (Å²) in [6.07, 6.45) is 0. The highest BCUT2D eigenvalue weighted by atomic mass is 16.3. The summed E-state index contributed by atoms with van der Waals surface area (Å²) in [5.74, 6) is 8.82. The van der Waals surface area contributed by atoms with Crippen LogP contribution in [-0.2, 0) is 10.8 Å². The summed E-state index contributed by atoms with van der Waals surface area (Å²) in [7, 11) is 0. The Bertz CT molecular complexity index is 438. The number of aromatic hydroxyl groups is 1. The fourth-order valence-corrected chi connectivity index (χ4v) is 2.10. The molecule has 20 heavy (non-hydrogen) atoms. The topological polar surface area (TPSA) is 72.3 Å². The number of nitrogens with two attached hydrogens (primary N) is 2. The van der Waals surface area contributed by atoms with Gasteiger partial charge in [-0.1, -0.05) is 67.5 Å². The zero-order valence-electron chi connectivity index (χ0n) is 14.3. The second kappa shape index (κ2) is 6.59. The van der Waals surface area contributed by atoms with Crippen molar-refractivity contribution in [2.75, 3.05) is 0 Å². The minimum Gasteiger partial charge on any atom is -0.507 e. The summed E-state index contributed by atoms with van der Waals surface area (Å²) >= 11 is 0. The molecule has 0 amide bonds. The average molecular weight is 280 g/mol. The molecule has 0 unspecified atom stereocenters. The first kappa shape index (κ1) is 18.9. The highest BCUT2D eigenvalue weighted by molar-refractivity contribution is 5.49. The predicted molar refractivity (Wildman–Crippen MR) is 88.0 cm³/mol. The molecule has 1 aromatic carbocycles. The van der Waals surface area contributed by atoms with E-state index < -0.39 is 0 Å². The van der Waals surface area contributed by atoms with E-state index in [2.05, 4.69) is 79.2 Å². The van der Waals surface area contributed by atoms with Crippen LogP contribution in [0.1, 0.15) is 78.0 Å². The maximum Gasteiger partial charge on any atom is 0.122 e. The van der Waals surface area contributed by atoms with Crippen LogP contribution in [0, 0.1) is 0 Å². The standard InChI is InChI=1S/C17H28O.H4N2/c1-11(2)13-9-12(16(3,4)5)10-14(15(13)18)17(6,7)8;1-2/h9-11,18H,1-8H3;1-2H2. The van der Waals surface area contributed by atoms with Crippen molar-refractivity contribution in [2.24, 2.45) is 11.7 Å². The van der Waals surface area contributed by atoms with Gasteiger partial charge < -0.3 is 5.11 Å². The monoisotopic (exact) mass is 280 g/mol. The molecule has 0 spiro atoms. The SMILES string of the molecule is CC(C)c1cc(C(C)(C)C)cc(C(C)(C)C)c1O.NN. The van der Waals surface area contributed by atoms with Gasteiger partial charge in [0.1, 0.15) is 5.75 Å². The van der Waals surface area contributed by atoms with Gasteiger partial charge in [0, 0.05) is 0 Å². The van der Waals surface area contributed by atoms with Gasteiger partial charge in [0.05, 0.1) is 0 Å². The second-order valence-corrected chi connectivity index (χ2v) is 7.62. The number of phenolic OH excluding ortho intramolecular Hbond substituents is 1. The maximum atomic E-state index is 10.5. The molecule has 0 aliphatic carbocycles. The van der Waals surface area contributed by atoms with E-state index in [1.54, 1.807) is 0 Å². The Morgan fingerprint density at radius 1 is 0.900 bits per heavy atom. The molecule has 0 aromatic heterocycles. The third-order valence-corrected chi connectivity index (χ3v) is 3.44. The van der Waals surface area contributed by atoms with Crippen LogP contribution in [-0.4, -0.2) is 5.11 Å². The van der Waals surface area contributed by atoms with Crippen molar-refractivity contribution in [1.29, 1.82) is 0 Å². The molecular weight excluding hydrogens is 248 g/mol. The molecule has 5 N–H and O–H groups in total. The number of rotatable bonds is 1. The van der Waals surface area contributed by atoms with Gasteiger partial charge in [-0.2, -0.15) is 0 Å². The molecule has 0 saturated heterocycles. The van der Waals surface area contributed by atoms with Crippen LogP contribution < -0.4 is 11.7 Å². The fraction of sp³-hybridized carbons (Fsp3) is 0.647. The van der Waals surface area contributed by atoms with Crippen molar-refractivity contribution in [3.05, 3.63) is 28.8 Å². The van der Waals surface area contributed by atoms with Gasteiger partial charge in [0.2, 0.25) is 0 Å². The number of hydrogen-bond acceptors (Lipinski definition) is 3. The Morgan fingerprint density at radius 2 is 1.35 bits per heavy atom. The molecule has 0 atom stereocenters. The lowest BCUT2D eigenvalue weighted by atomic mass is 9.77. The van der Waals surface area contributed by atoms with E-state index in [1.807, 2.05) is 0 Å². The highest BCUT2D eigenvalue weighted by Crippen LogP contribution is 2.40. The van der Waals surface area contributed by atoms with Gasteiger partial charge in [0.15, 0.2) is 0 Å². The number of hydrazine groups is 1. The molecule has 0 aliphatic heterocycles. The minimum absolute atomic E-state index is 0.0328. The first-order valence-electron chi connectivity index (χ1n) is 7.16. The molecule has 1 aromatic rings. The van der Waals surface area contributed by atoms with E-state index in [-0.39, 0.29) is 10.8 Å². The van der Waals surface area contributed by atoms with Crippen molar-refractivity contribution in [3.8, 4) is 5.75 Å².